The van der Waals surface area contributed by atoms with Gasteiger partial charge >= 0.3 is 0 Å². The van der Waals surface area contributed by atoms with E-state index in [0.29, 0.717) is 0 Å². The lowest BCUT2D eigenvalue weighted by Crippen LogP contribution is -2.43. The van der Waals surface area contributed by atoms with Crippen molar-refractivity contribution in [1.82, 2.24) is 10.6 Å². The van der Waals surface area contributed by atoms with E-state index in [0.717, 1.165) is 44.0 Å². The summed E-state index contributed by atoms with van der Waals surface area (Å²) in [4.78, 5) is 0. The Kier molecular flexibility index (Phi) is 2.09. The predicted molar refractivity (Wildman–Crippen MR) is 57.6 cm³/mol. The van der Waals surface area contributed by atoms with E-state index in [1.54, 1.807) is 0 Å². The van der Waals surface area contributed by atoms with Gasteiger partial charge < -0.3 is 21.1 Å². The summed E-state index contributed by atoms with van der Waals surface area (Å²) < 4.78 is 5.65. The lowest BCUT2D eigenvalue weighted by Gasteiger charge is -2.35. The Labute approximate surface area is 89.5 Å². The molecule has 0 aromatic heterocycles. The van der Waals surface area contributed by atoms with Gasteiger partial charge in [0.25, 0.3) is 0 Å². The van der Waals surface area contributed by atoms with E-state index in [1.165, 1.54) is 17.7 Å². The first-order valence-corrected chi connectivity index (χ1v) is 5.69. The van der Waals surface area contributed by atoms with Crippen molar-refractivity contribution in [3.05, 3.63) is 22.9 Å². The van der Waals surface area contributed by atoms with E-state index < -0.39 is 0 Å². The average molecular weight is 207 g/mol. The van der Waals surface area contributed by atoms with Crippen LogP contribution in [-0.2, 0) is 4.74 Å². The maximum Gasteiger partial charge on any atom is 0.142 e. The largest absolute Gasteiger partial charge is 0.492 e. The van der Waals surface area contributed by atoms with E-state index in [-0.39, 0.29) is 6.04 Å². The quantitative estimate of drug-likeness (QED) is 0.542. The molecule has 0 radical (unpaired) electrons. The molecule has 0 amide bonds. The Morgan fingerprint density at radius 3 is 3.27 bits per heavy atom. The molecule has 82 valence electrons. The molecule has 1 atom stereocenters. The molecule has 0 saturated carbocycles. The minimum atomic E-state index is 0.187. The van der Waals surface area contributed by atoms with Gasteiger partial charge in [0.1, 0.15) is 18.2 Å². The molecular weight excluding hydrogens is 190 g/mol. The van der Waals surface area contributed by atoms with Gasteiger partial charge in [-0.2, -0.15) is 0 Å². The summed E-state index contributed by atoms with van der Waals surface area (Å²) in [6.45, 7) is 1.65. The Bertz CT molecular complexity index is 346. The first-order valence-electron chi connectivity index (χ1n) is 5.69. The van der Waals surface area contributed by atoms with E-state index >= 15 is 0 Å². The van der Waals surface area contributed by atoms with Crippen LogP contribution in [0.2, 0.25) is 0 Å². The molecular formula is C11H17N3O. The first kappa shape index (κ1) is 9.09. The highest BCUT2D eigenvalue weighted by Crippen LogP contribution is 2.32. The van der Waals surface area contributed by atoms with Crippen molar-refractivity contribution in [3.8, 4) is 0 Å². The number of nitrogens with two attached hydrogens (primary N) is 1. The van der Waals surface area contributed by atoms with Crippen molar-refractivity contribution in [2.24, 2.45) is 5.73 Å². The highest BCUT2D eigenvalue weighted by atomic mass is 16.5. The molecule has 0 aromatic rings. The van der Waals surface area contributed by atoms with Gasteiger partial charge in [-0.3, -0.25) is 0 Å². The van der Waals surface area contributed by atoms with Crippen LogP contribution in [0.15, 0.2) is 22.9 Å². The molecule has 3 aliphatic rings. The van der Waals surface area contributed by atoms with Gasteiger partial charge in [-0.05, 0) is 24.8 Å². The van der Waals surface area contributed by atoms with Gasteiger partial charge in [0.15, 0.2) is 0 Å². The molecule has 1 unspecified atom stereocenters. The van der Waals surface area contributed by atoms with Crippen LogP contribution < -0.4 is 16.4 Å². The molecule has 0 bridgehead atoms. The standard InChI is InChI=1S/C11H17N3O/c12-8-3-1-2-7-6-9-11(14-10(7)8)13-4-5-15-9/h8,13-14H,1-6,12H2. The number of hydrogen-bond donors (Lipinski definition) is 3. The number of hydrogen-bond acceptors (Lipinski definition) is 4. The SMILES string of the molecule is NC1CCCC2=C1NC1=C(C2)OCCN1. The molecule has 2 heterocycles. The van der Waals surface area contributed by atoms with E-state index in [4.69, 9.17) is 10.5 Å². The molecule has 0 fully saturated rings. The Morgan fingerprint density at radius 2 is 2.33 bits per heavy atom. The molecule has 4 nitrogen and oxygen atoms in total. The Morgan fingerprint density at radius 1 is 1.40 bits per heavy atom. The Balaban J connectivity index is 1.87. The number of nitrogens with one attached hydrogen (secondary N) is 2. The van der Waals surface area contributed by atoms with Crippen molar-refractivity contribution in [3.63, 3.8) is 0 Å². The minimum Gasteiger partial charge on any atom is -0.492 e. The fourth-order valence-corrected chi connectivity index (χ4v) is 2.54. The second-order valence-electron chi connectivity index (χ2n) is 4.39. The van der Waals surface area contributed by atoms with E-state index in [2.05, 4.69) is 10.6 Å². The van der Waals surface area contributed by atoms with Crippen molar-refractivity contribution in [1.29, 1.82) is 0 Å². The molecule has 0 saturated heterocycles. The summed E-state index contributed by atoms with van der Waals surface area (Å²) >= 11 is 0. The van der Waals surface area contributed by atoms with E-state index in [1.807, 2.05) is 0 Å². The normalized spacial score (nSPS) is 29.8. The molecule has 4 N–H and O–H groups in total. The van der Waals surface area contributed by atoms with Gasteiger partial charge in [0, 0.05) is 18.2 Å². The second-order valence-corrected chi connectivity index (χ2v) is 4.39. The molecule has 4 heteroatoms. The third kappa shape index (κ3) is 1.49. The van der Waals surface area contributed by atoms with Crippen LogP contribution in [-0.4, -0.2) is 19.2 Å². The summed E-state index contributed by atoms with van der Waals surface area (Å²) in [5.74, 6) is 2.10. The summed E-state index contributed by atoms with van der Waals surface area (Å²) in [6.07, 6.45) is 4.40. The highest BCUT2D eigenvalue weighted by molar-refractivity contribution is 5.33. The maximum absolute atomic E-state index is 6.10. The van der Waals surface area contributed by atoms with Crippen LogP contribution in [0.25, 0.3) is 0 Å². The van der Waals surface area contributed by atoms with Crippen LogP contribution in [0.5, 0.6) is 0 Å². The van der Waals surface area contributed by atoms with Gasteiger partial charge in [0.2, 0.25) is 0 Å². The zero-order chi connectivity index (χ0) is 10.3. The fourth-order valence-electron chi connectivity index (χ4n) is 2.54. The van der Waals surface area contributed by atoms with E-state index in [9.17, 15) is 0 Å². The smallest absolute Gasteiger partial charge is 0.142 e. The summed E-state index contributed by atoms with van der Waals surface area (Å²) in [5, 5.41) is 6.73. The van der Waals surface area contributed by atoms with Crippen LogP contribution >= 0.6 is 0 Å². The topological polar surface area (TPSA) is 59.3 Å². The lowest BCUT2D eigenvalue weighted by atomic mass is 9.88. The predicted octanol–water partition coefficient (Wildman–Crippen LogP) is 0.534. The monoisotopic (exact) mass is 207 g/mol. The van der Waals surface area contributed by atoms with Crippen LogP contribution in [0.1, 0.15) is 25.7 Å². The van der Waals surface area contributed by atoms with Gasteiger partial charge in [-0.15, -0.1) is 0 Å². The second kappa shape index (κ2) is 3.45. The molecule has 3 rings (SSSR count). The molecule has 15 heavy (non-hydrogen) atoms. The van der Waals surface area contributed by atoms with Crippen molar-refractivity contribution >= 4 is 0 Å². The molecule has 2 aliphatic heterocycles. The van der Waals surface area contributed by atoms with Crippen molar-refractivity contribution < 1.29 is 4.74 Å². The average Bonchev–Trinajstić information content (AvgIpc) is 2.27. The van der Waals surface area contributed by atoms with Gasteiger partial charge in [-0.25, -0.2) is 0 Å². The highest BCUT2D eigenvalue weighted by Gasteiger charge is 2.28. The van der Waals surface area contributed by atoms with Crippen molar-refractivity contribution in [2.75, 3.05) is 13.2 Å². The van der Waals surface area contributed by atoms with Crippen LogP contribution in [0.3, 0.4) is 0 Å². The summed E-state index contributed by atoms with van der Waals surface area (Å²) in [7, 11) is 0. The van der Waals surface area contributed by atoms with Crippen LogP contribution in [0.4, 0.5) is 0 Å². The first-order chi connectivity index (χ1) is 7.34. The number of allylic oxidation sites excluding steroid dienone is 1. The van der Waals surface area contributed by atoms with Gasteiger partial charge in [-0.1, -0.05) is 0 Å². The maximum atomic E-state index is 6.10. The summed E-state index contributed by atoms with van der Waals surface area (Å²) in [6, 6.07) is 0.187. The fraction of sp³-hybridized carbons (Fsp3) is 0.636. The summed E-state index contributed by atoms with van der Waals surface area (Å²) in [5.41, 5.74) is 8.77. The zero-order valence-corrected chi connectivity index (χ0v) is 8.81. The number of ether oxygens (including phenoxy) is 1. The lowest BCUT2D eigenvalue weighted by molar-refractivity contribution is 0.176. The number of dihydropyridines is 1. The molecule has 1 aliphatic carbocycles. The zero-order valence-electron chi connectivity index (χ0n) is 8.81. The molecule has 0 aromatic carbocycles. The van der Waals surface area contributed by atoms with Crippen molar-refractivity contribution in [2.45, 2.75) is 31.7 Å². The van der Waals surface area contributed by atoms with Crippen LogP contribution in [0, 0.1) is 0 Å². The Hall–Kier alpha value is -1.16. The third-order valence-corrected chi connectivity index (χ3v) is 3.34. The molecule has 0 spiro atoms. The number of rotatable bonds is 0. The van der Waals surface area contributed by atoms with Gasteiger partial charge in [0.05, 0.1) is 6.54 Å². The minimum absolute atomic E-state index is 0.187. The third-order valence-electron chi connectivity index (χ3n) is 3.34.